The van der Waals surface area contributed by atoms with Crippen LogP contribution in [0.2, 0.25) is 0 Å². The van der Waals surface area contributed by atoms with Gasteiger partial charge in [0, 0.05) is 31.7 Å². The number of carbonyl (C=O) groups is 4. The summed E-state index contributed by atoms with van der Waals surface area (Å²) in [5.41, 5.74) is 2.71. The maximum atomic E-state index is 12.7. The summed E-state index contributed by atoms with van der Waals surface area (Å²) in [5, 5.41) is 5.34. The Bertz CT molecular complexity index is 1100. The summed E-state index contributed by atoms with van der Waals surface area (Å²) >= 11 is 0. The molecule has 2 saturated heterocycles. The highest BCUT2D eigenvalue weighted by Gasteiger charge is 2.42. The molecule has 1 aromatic heterocycles. The van der Waals surface area contributed by atoms with Crippen molar-refractivity contribution in [1.82, 2.24) is 20.4 Å². The zero-order chi connectivity index (χ0) is 25.0. The minimum absolute atomic E-state index is 0.00192. The first-order valence-electron chi connectivity index (χ1n) is 12.0. The summed E-state index contributed by atoms with van der Waals surface area (Å²) < 4.78 is 5.04. The van der Waals surface area contributed by atoms with E-state index in [1.807, 2.05) is 30.9 Å². The van der Waals surface area contributed by atoms with Crippen LogP contribution in [-0.2, 0) is 9.59 Å². The van der Waals surface area contributed by atoms with Gasteiger partial charge in [0.15, 0.2) is 5.76 Å². The zero-order valence-electron chi connectivity index (χ0n) is 20.3. The molecule has 1 aromatic carbocycles. The van der Waals surface area contributed by atoms with Gasteiger partial charge < -0.3 is 24.9 Å². The fourth-order valence-electron chi connectivity index (χ4n) is 4.80. The second kappa shape index (κ2) is 10.3. The molecule has 4 rings (SSSR count). The van der Waals surface area contributed by atoms with Gasteiger partial charge in [0.2, 0.25) is 11.8 Å². The second-order valence-electron chi connectivity index (χ2n) is 9.59. The normalized spacial score (nSPS) is 16.9. The average molecular weight is 481 g/mol. The number of hydrogen-bond donors (Lipinski definition) is 2. The number of furan rings is 1. The topological polar surface area (TPSA) is 112 Å². The smallest absolute Gasteiger partial charge is 0.287 e. The van der Waals surface area contributed by atoms with E-state index in [2.05, 4.69) is 10.6 Å². The maximum absolute atomic E-state index is 12.7. The zero-order valence-corrected chi connectivity index (χ0v) is 20.3. The molecule has 2 N–H and O–H groups in total. The molecule has 186 valence electrons. The number of amides is 4. The standard InChI is InChI=1S/C26H32N4O5/c1-18-5-6-20(14-19(18)2)24(33)27-16-23(32)30-12-9-26(17-30)7-10-29(11-8-26)22(31)15-28-25(34)21-4-3-13-35-21/h3-6,13-14H,7-12,15-17H2,1-2H3,(H,27,33)(H,28,34). The highest BCUT2D eigenvalue weighted by molar-refractivity contribution is 5.96. The highest BCUT2D eigenvalue weighted by atomic mass is 16.3. The molecule has 0 atom stereocenters. The molecule has 0 radical (unpaired) electrons. The summed E-state index contributed by atoms with van der Waals surface area (Å²) in [5.74, 6) is -0.693. The largest absolute Gasteiger partial charge is 0.459 e. The van der Waals surface area contributed by atoms with E-state index in [0.29, 0.717) is 31.7 Å². The van der Waals surface area contributed by atoms with E-state index in [4.69, 9.17) is 4.42 Å². The Hall–Kier alpha value is -3.62. The molecule has 0 bridgehead atoms. The van der Waals surface area contributed by atoms with Crippen molar-refractivity contribution in [2.24, 2.45) is 5.41 Å². The van der Waals surface area contributed by atoms with Crippen molar-refractivity contribution in [2.75, 3.05) is 39.3 Å². The van der Waals surface area contributed by atoms with Crippen LogP contribution in [0.5, 0.6) is 0 Å². The van der Waals surface area contributed by atoms with Crippen LogP contribution in [-0.4, -0.2) is 72.7 Å². The van der Waals surface area contributed by atoms with Crippen LogP contribution in [0.4, 0.5) is 0 Å². The Balaban J connectivity index is 1.20. The van der Waals surface area contributed by atoms with Gasteiger partial charge in [-0.3, -0.25) is 19.2 Å². The van der Waals surface area contributed by atoms with E-state index >= 15 is 0 Å². The monoisotopic (exact) mass is 480 g/mol. The molecular formula is C26H32N4O5. The Labute approximate surface area is 204 Å². The molecule has 0 aliphatic carbocycles. The quantitative estimate of drug-likeness (QED) is 0.656. The number of piperidine rings is 1. The van der Waals surface area contributed by atoms with Gasteiger partial charge in [-0.25, -0.2) is 0 Å². The van der Waals surface area contributed by atoms with Crippen molar-refractivity contribution in [1.29, 1.82) is 0 Å². The molecule has 0 unspecified atom stereocenters. The third-order valence-electron chi connectivity index (χ3n) is 7.28. The lowest BCUT2D eigenvalue weighted by Gasteiger charge is -2.39. The van der Waals surface area contributed by atoms with Crippen molar-refractivity contribution in [3.63, 3.8) is 0 Å². The molecule has 3 heterocycles. The van der Waals surface area contributed by atoms with Gasteiger partial charge in [0.1, 0.15) is 0 Å². The first kappa shape index (κ1) is 24.5. The summed E-state index contributed by atoms with van der Waals surface area (Å²) in [6, 6.07) is 8.67. The summed E-state index contributed by atoms with van der Waals surface area (Å²) in [4.78, 5) is 53.3. The van der Waals surface area contributed by atoms with Gasteiger partial charge >= 0.3 is 0 Å². The van der Waals surface area contributed by atoms with Gasteiger partial charge in [-0.15, -0.1) is 0 Å². The number of nitrogens with zero attached hydrogens (tertiary/aromatic N) is 2. The van der Waals surface area contributed by atoms with E-state index in [0.717, 1.165) is 30.4 Å². The van der Waals surface area contributed by atoms with Gasteiger partial charge in [0.05, 0.1) is 19.4 Å². The number of likely N-dealkylation sites (tertiary alicyclic amines) is 2. The molecule has 1 spiro atoms. The number of rotatable bonds is 6. The number of hydrogen-bond acceptors (Lipinski definition) is 5. The minimum atomic E-state index is -0.411. The third-order valence-corrected chi connectivity index (χ3v) is 7.28. The fraction of sp³-hybridized carbons (Fsp3) is 0.462. The molecule has 2 aliphatic heterocycles. The number of carbonyl (C=O) groups excluding carboxylic acids is 4. The summed E-state index contributed by atoms with van der Waals surface area (Å²) in [7, 11) is 0. The Morgan fingerprint density at radius 2 is 1.49 bits per heavy atom. The molecule has 9 nitrogen and oxygen atoms in total. The van der Waals surface area contributed by atoms with Crippen molar-refractivity contribution < 1.29 is 23.6 Å². The predicted octanol–water partition coefficient (Wildman–Crippen LogP) is 1.90. The van der Waals surface area contributed by atoms with Gasteiger partial charge in [-0.2, -0.15) is 0 Å². The number of nitrogens with one attached hydrogen (secondary N) is 2. The molecular weight excluding hydrogens is 448 g/mol. The third kappa shape index (κ3) is 5.72. The molecule has 35 heavy (non-hydrogen) atoms. The number of aryl methyl sites for hydroxylation is 2. The first-order chi connectivity index (χ1) is 16.8. The Kier molecular flexibility index (Phi) is 7.23. The molecule has 2 fully saturated rings. The van der Waals surface area contributed by atoms with Crippen LogP contribution in [0, 0.1) is 19.3 Å². The van der Waals surface area contributed by atoms with Gasteiger partial charge in [-0.05, 0) is 73.9 Å². The van der Waals surface area contributed by atoms with E-state index in [9.17, 15) is 19.2 Å². The maximum Gasteiger partial charge on any atom is 0.287 e. The van der Waals surface area contributed by atoms with Crippen LogP contribution in [0.1, 0.15) is 51.3 Å². The predicted molar refractivity (Wildman–Crippen MR) is 129 cm³/mol. The molecule has 2 aliphatic rings. The first-order valence-corrected chi connectivity index (χ1v) is 12.0. The van der Waals surface area contributed by atoms with Crippen LogP contribution >= 0.6 is 0 Å². The second-order valence-corrected chi connectivity index (χ2v) is 9.59. The Morgan fingerprint density at radius 3 is 2.11 bits per heavy atom. The molecule has 4 amide bonds. The number of benzene rings is 1. The van der Waals surface area contributed by atoms with Gasteiger partial charge in [-0.1, -0.05) is 6.07 Å². The van der Waals surface area contributed by atoms with Crippen molar-refractivity contribution >= 4 is 23.6 Å². The van der Waals surface area contributed by atoms with Crippen molar-refractivity contribution in [2.45, 2.75) is 33.1 Å². The van der Waals surface area contributed by atoms with Gasteiger partial charge in [0.25, 0.3) is 11.8 Å². The van der Waals surface area contributed by atoms with Crippen molar-refractivity contribution in [3.8, 4) is 0 Å². The fourth-order valence-corrected chi connectivity index (χ4v) is 4.80. The lowest BCUT2D eigenvalue weighted by molar-refractivity contribution is -0.133. The molecule has 2 aromatic rings. The van der Waals surface area contributed by atoms with E-state index in [1.54, 1.807) is 23.1 Å². The SMILES string of the molecule is Cc1ccc(C(=O)NCC(=O)N2CCC3(CCN(C(=O)CNC(=O)c4ccco4)CC3)C2)cc1C. The van der Waals surface area contributed by atoms with Crippen LogP contribution < -0.4 is 10.6 Å². The molecule has 9 heteroatoms. The van der Waals surface area contributed by atoms with E-state index < -0.39 is 5.91 Å². The van der Waals surface area contributed by atoms with E-state index in [-0.39, 0.29) is 42.0 Å². The average Bonchev–Trinajstić information content (AvgIpc) is 3.54. The summed E-state index contributed by atoms with van der Waals surface area (Å²) in [6.07, 6.45) is 3.92. The van der Waals surface area contributed by atoms with Crippen LogP contribution in [0.15, 0.2) is 41.0 Å². The molecule has 0 saturated carbocycles. The van der Waals surface area contributed by atoms with Crippen molar-refractivity contribution in [3.05, 3.63) is 59.0 Å². The lowest BCUT2D eigenvalue weighted by Crippen LogP contribution is -2.48. The van der Waals surface area contributed by atoms with E-state index in [1.165, 1.54) is 6.26 Å². The highest BCUT2D eigenvalue weighted by Crippen LogP contribution is 2.40. The van der Waals surface area contributed by atoms with Crippen LogP contribution in [0.3, 0.4) is 0 Å². The Morgan fingerprint density at radius 1 is 0.857 bits per heavy atom. The van der Waals surface area contributed by atoms with Crippen LogP contribution in [0.25, 0.3) is 0 Å². The minimum Gasteiger partial charge on any atom is -0.459 e. The summed E-state index contributed by atoms with van der Waals surface area (Å²) in [6.45, 7) is 6.34. The lowest BCUT2D eigenvalue weighted by atomic mass is 9.78.